The quantitative estimate of drug-likeness (QED) is 0.0185. The predicted octanol–water partition coefficient (Wildman–Crippen LogP) is 7.10. The van der Waals surface area contributed by atoms with Gasteiger partial charge in [0.05, 0.1) is 19.8 Å². The van der Waals surface area contributed by atoms with Gasteiger partial charge in [-0.1, -0.05) is 152 Å². The van der Waals surface area contributed by atoms with Gasteiger partial charge in [0.1, 0.15) is 55.4 Å². The number of carbonyl (C=O) groups excluding carboxylic acids is 2. The Morgan fingerprint density at radius 3 is 1.43 bits per heavy atom. The molecule has 15 nitrogen and oxygen atoms in total. The fraction of sp³-hybridized carbons (Fsp3) is 0.808. The lowest BCUT2D eigenvalue weighted by molar-refractivity contribution is -0.332. The summed E-state index contributed by atoms with van der Waals surface area (Å²) >= 11 is 0. The van der Waals surface area contributed by atoms with Gasteiger partial charge < -0.3 is 64.2 Å². The first kappa shape index (κ1) is 60.6. The molecule has 67 heavy (non-hydrogen) atoms. The number of ether oxygens (including phenoxy) is 6. The number of hydrogen-bond donors (Lipinski definition) is 7. The average molecular weight is 955 g/mol. The van der Waals surface area contributed by atoms with Crippen molar-refractivity contribution in [1.82, 2.24) is 0 Å². The van der Waals surface area contributed by atoms with E-state index in [9.17, 15) is 45.3 Å². The zero-order valence-electron chi connectivity index (χ0n) is 40.9. The van der Waals surface area contributed by atoms with Crippen LogP contribution in [-0.4, -0.2) is 142 Å². The van der Waals surface area contributed by atoms with E-state index in [1.54, 1.807) is 0 Å². The molecule has 2 heterocycles. The normalized spacial score (nSPS) is 26.3. The van der Waals surface area contributed by atoms with Gasteiger partial charge in [-0.2, -0.15) is 0 Å². The van der Waals surface area contributed by atoms with E-state index in [0.29, 0.717) is 12.8 Å². The smallest absolute Gasteiger partial charge is 0.306 e. The molecule has 11 atom stereocenters. The Bertz CT molecular complexity index is 1350. The van der Waals surface area contributed by atoms with Crippen LogP contribution in [0.15, 0.2) is 48.6 Å². The highest BCUT2D eigenvalue weighted by atomic mass is 16.7. The summed E-state index contributed by atoms with van der Waals surface area (Å²) in [5, 5.41) is 72.0. The average Bonchev–Trinajstić information content (AvgIpc) is 3.32. The summed E-state index contributed by atoms with van der Waals surface area (Å²) in [6, 6.07) is 0. The first-order chi connectivity index (χ1) is 32.5. The summed E-state index contributed by atoms with van der Waals surface area (Å²) in [5.74, 6) is -0.961. The minimum Gasteiger partial charge on any atom is -0.462 e. The van der Waals surface area contributed by atoms with Gasteiger partial charge in [-0.25, -0.2) is 0 Å². The molecule has 2 fully saturated rings. The van der Waals surface area contributed by atoms with E-state index in [2.05, 4.69) is 62.5 Å². The molecule has 0 aromatic rings. The van der Waals surface area contributed by atoms with Gasteiger partial charge in [-0.15, -0.1) is 0 Å². The van der Waals surface area contributed by atoms with E-state index in [1.807, 2.05) is 0 Å². The molecule has 0 bridgehead atoms. The molecule has 2 saturated heterocycles. The van der Waals surface area contributed by atoms with Gasteiger partial charge >= 0.3 is 11.9 Å². The molecule has 0 radical (unpaired) electrons. The second-order valence-corrected chi connectivity index (χ2v) is 18.0. The second-order valence-electron chi connectivity index (χ2n) is 18.0. The highest BCUT2D eigenvalue weighted by Crippen LogP contribution is 2.26. The fourth-order valence-corrected chi connectivity index (χ4v) is 7.79. The third-order valence-corrected chi connectivity index (χ3v) is 12.1. The summed E-state index contributed by atoms with van der Waals surface area (Å²) in [5.41, 5.74) is 0. The summed E-state index contributed by atoms with van der Waals surface area (Å²) in [6.07, 6.45) is 25.7. The Hall–Kier alpha value is -2.54. The largest absolute Gasteiger partial charge is 0.462 e. The maximum atomic E-state index is 13.0. The van der Waals surface area contributed by atoms with Crippen molar-refractivity contribution in [1.29, 1.82) is 0 Å². The number of aliphatic hydroxyl groups is 7. The Morgan fingerprint density at radius 2 is 0.896 bits per heavy atom. The van der Waals surface area contributed by atoms with E-state index in [0.717, 1.165) is 64.2 Å². The van der Waals surface area contributed by atoms with Crippen LogP contribution in [0.5, 0.6) is 0 Å². The molecule has 2 aliphatic rings. The number of allylic oxidation sites excluding steroid dienone is 8. The Balaban J connectivity index is 1.81. The maximum absolute atomic E-state index is 13.0. The topological polar surface area (TPSA) is 231 Å². The van der Waals surface area contributed by atoms with Crippen LogP contribution < -0.4 is 0 Å². The molecule has 0 spiro atoms. The van der Waals surface area contributed by atoms with Crippen molar-refractivity contribution in [3.8, 4) is 0 Å². The van der Waals surface area contributed by atoms with Crippen LogP contribution in [0.2, 0.25) is 0 Å². The summed E-state index contributed by atoms with van der Waals surface area (Å²) in [6.45, 7) is 2.52. The molecule has 4 unspecified atom stereocenters. The molecule has 0 aromatic carbocycles. The van der Waals surface area contributed by atoms with Gasteiger partial charge in [-0.3, -0.25) is 9.59 Å². The van der Waals surface area contributed by atoms with Crippen LogP contribution in [-0.2, 0) is 38.0 Å². The molecule has 0 saturated carbocycles. The van der Waals surface area contributed by atoms with Crippen molar-refractivity contribution in [2.45, 2.75) is 242 Å². The predicted molar refractivity (Wildman–Crippen MR) is 257 cm³/mol. The third-order valence-electron chi connectivity index (χ3n) is 12.1. The van der Waals surface area contributed by atoms with Gasteiger partial charge in [0.25, 0.3) is 0 Å². The highest BCUT2D eigenvalue weighted by molar-refractivity contribution is 5.70. The first-order valence-electron chi connectivity index (χ1n) is 25.7. The van der Waals surface area contributed by atoms with Crippen molar-refractivity contribution in [3.63, 3.8) is 0 Å². The van der Waals surface area contributed by atoms with Gasteiger partial charge in [-0.05, 0) is 57.8 Å². The van der Waals surface area contributed by atoms with E-state index in [-0.39, 0.29) is 19.4 Å². The first-order valence-corrected chi connectivity index (χ1v) is 25.7. The van der Waals surface area contributed by atoms with Crippen LogP contribution >= 0.6 is 0 Å². The molecule has 0 aliphatic carbocycles. The molecule has 388 valence electrons. The molecule has 7 N–H and O–H groups in total. The van der Waals surface area contributed by atoms with Crippen molar-refractivity contribution in [3.05, 3.63) is 48.6 Å². The Labute approximate surface area is 401 Å². The van der Waals surface area contributed by atoms with E-state index in [1.165, 1.54) is 70.6 Å². The van der Waals surface area contributed by atoms with E-state index in [4.69, 9.17) is 28.4 Å². The second kappa shape index (κ2) is 39.2. The summed E-state index contributed by atoms with van der Waals surface area (Å²) < 4.78 is 33.5. The molecular weight excluding hydrogens is 865 g/mol. The lowest BCUT2D eigenvalue weighted by Crippen LogP contribution is -2.61. The molecule has 15 heteroatoms. The number of hydrogen-bond acceptors (Lipinski definition) is 15. The van der Waals surface area contributed by atoms with Gasteiger partial charge in [0.15, 0.2) is 18.7 Å². The fourth-order valence-electron chi connectivity index (χ4n) is 7.79. The lowest BCUT2D eigenvalue weighted by atomic mass is 9.98. The zero-order chi connectivity index (χ0) is 48.9. The minimum absolute atomic E-state index is 0.159. The van der Waals surface area contributed by atoms with Crippen LogP contribution in [0, 0.1) is 0 Å². The van der Waals surface area contributed by atoms with Crippen LogP contribution in [0.25, 0.3) is 0 Å². The van der Waals surface area contributed by atoms with Crippen LogP contribution in [0.4, 0.5) is 0 Å². The number of esters is 2. The third kappa shape index (κ3) is 27.4. The van der Waals surface area contributed by atoms with Crippen molar-refractivity contribution in [2.24, 2.45) is 0 Å². The maximum Gasteiger partial charge on any atom is 0.306 e. The molecule has 0 aromatic heterocycles. The minimum atomic E-state index is -1.77. The van der Waals surface area contributed by atoms with E-state index >= 15 is 0 Å². The Morgan fingerprint density at radius 1 is 0.478 bits per heavy atom. The monoisotopic (exact) mass is 955 g/mol. The number of rotatable bonds is 39. The Kier molecular flexibility index (Phi) is 35.5. The molecule has 2 aliphatic heterocycles. The van der Waals surface area contributed by atoms with Crippen LogP contribution in [0.1, 0.15) is 174 Å². The van der Waals surface area contributed by atoms with Crippen molar-refractivity contribution >= 4 is 11.9 Å². The molecule has 2 rings (SSSR count). The van der Waals surface area contributed by atoms with E-state index < -0.39 is 99.3 Å². The van der Waals surface area contributed by atoms with Crippen LogP contribution in [0.3, 0.4) is 0 Å². The summed E-state index contributed by atoms with van der Waals surface area (Å²) in [4.78, 5) is 25.7. The summed E-state index contributed by atoms with van der Waals surface area (Å²) in [7, 11) is 0. The van der Waals surface area contributed by atoms with Crippen molar-refractivity contribution in [2.75, 3.05) is 26.4 Å². The SMILES string of the molecule is CCCCC/C=C/C/C=C/C/C=C/C/C=C/CCCCCC(=O)OC[C@@H](CO[C@@H]1O[C@H](CO[C@@H]2O[C@H](CO)[C@H](O)C(O)C2O)[C@H](O)C(O)C1O)OC(=O)CCCCCCCCCCCCCC. The van der Waals surface area contributed by atoms with Gasteiger partial charge in [0, 0.05) is 12.8 Å². The number of unbranched alkanes of at least 4 members (excludes halogenated alkanes) is 17. The molecular formula is C52H90O15. The number of aliphatic hydroxyl groups excluding tert-OH is 7. The molecule has 0 amide bonds. The standard InChI is InChI=1S/C52H90O15/c1-3-5-7-9-11-13-15-17-18-19-20-21-22-23-25-26-28-30-32-34-43(54)62-37-40(65-44(55)35-33-31-29-27-24-16-14-12-10-8-6-4-2)38-63-51-50(61)48(59)46(57)42(67-51)39-64-52-49(60)47(58)45(56)41(36-53)66-52/h11,13,17-18,20-21,23,25,40-42,45-53,56-61H,3-10,12,14-16,19,22,24,26-39H2,1-2H3/b13-11+,18-17+,21-20+,25-23+/t40-,41+,42+,45-,46-,47?,48?,49?,50?,51+,52+/m0/s1. The number of carbonyl (C=O) groups is 2. The van der Waals surface area contributed by atoms with Gasteiger partial charge in [0.2, 0.25) is 0 Å². The lowest BCUT2D eigenvalue weighted by Gasteiger charge is -2.42. The van der Waals surface area contributed by atoms with Crippen molar-refractivity contribution < 1.29 is 73.8 Å². The zero-order valence-corrected chi connectivity index (χ0v) is 40.9. The highest BCUT2D eigenvalue weighted by Gasteiger charge is 2.47.